The Bertz CT molecular complexity index is 981. The first-order valence-electron chi connectivity index (χ1n) is 8.26. The Morgan fingerprint density at radius 2 is 1.64 bits per heavy atom. The molecular weight excluding hydrogens is 470 g/mol. The van der Waals surface area contributed by atoms with E-state index in [1.54, 1.807) is 37.3 Å². The van der Waals surface area contributed by atoms with Gasteiger partial charge in [-0.15, -0.1) is 0 Å². The summed E-state index contributed by atoms with van der Waals surface area (Å²) in [5.41, 5.74) is 1.07. The molecule has 0 saturated heterocycles. The van der Waals surface area contributed by atoms with Crippen LogP contribution in [0.4, 0.5) is 11.4 Å². The molecule has 0 heterocycles. The average molecular weight is 489 g/mol. The highest BCUT2D eigenvalue weighted by Gasteiger charge is 2.27. The Kier molecular flexibility index (Phi) is 7.59. The molecule has 7 nitrogen and oxygen atoms in total. The fourth-order valence-corrected chi connectivity index (χ4v) is 4.81. The zero-order valence-corrected chi connectivity index (χ0v) is 18.4. The van der Waals surface area contributed by atoms with Crippen LogP contribution in [0.3, 0.4) is 0 Å². The van der Waals surface area contributed by atoms with Crippen molar-refractivity contribution in [2.24, 2.45) is 0 Å². The molecule has 0 unspecified atom stereocenters. The lowest BCUT2D eigenvalue weighted by molar-refractivity contribution is -0.116. The molecule has 0 saturated carbocycles. The second-order valence-corrected chi connectivity index (χ2v) is 9.04. The molecule has 0 radical (unpaired) electrons. The molecule has 2 aromatic carbocycles. The van der Waals surface area contributed by atoms with Crippen LogP contribution in [0.2, 0.25) is 5.02 Å². The number of halogens is 2. The number of carbonyl (C=O) groups is 2. The van der Waals surface area contributed by atoms with E-state index in [0.29, 0.717) is 15.8 Å². The van der Waals surface area contributed by atoms with Gasteiger partial charge in [0.2, 0.25) is 21.8 Å². The molecule has 28 heavy (non-hydrogen) atoms. The minimum atomic E-state index is -3.93. The molecule has 0 aromatic heterocycles. The van der Waals surface area contributed by atoms with Gasteiger partial charge in [-0.05, 0) is 42.5 Å². The molecule has 0 spiro atoms. The summed E-state index contributed by atoms with van der Waals surface area (Å²) < 4.78 is 27.4. The molecule has 0 fully saturated rings. The second-order valence-electron chi connectivity index (χ2n) is 5.81. The summed E-state index contributed by atoms with van der Waals surface area (Å²) in [5.74, 6) is -0.696. The van der Waals surface area contributed by atoms with Crippen molar-refractivity contribution in [2.45, 2.75) is 18.7 Å². The number of nitrogens with zero attached hydrogens (tertiary/aromatic N) is 1. The maximum absolute atomic E-state index is 12.8. The minimum Gasteiger partial charge on any atom is -0.326 e. The Labute approximate surface area is 177 Å². The number of likely N-dealkylation sites (N-methyl/N-ethyl adjacent to an activating group) is 1. The summed E-state index contributed by atoms with van der Waals surface area (Å²) in [5, 5.41) is 5.33. The van der Waals surface area contributed by atoms with E-state index in [1.165, 1.54) is 19.1 Å². The quantitative estimate of drug-likeness (QED) is 0.621. The smallest absolute Gasteiger partial charge is 0.245 e. The van der Waals surface area contributed by atoms with E-state index < -0.39 is 15.9 Å². The van der Waals surface area contributed by atoms with Crippen LogP contribution in [0, 0.1) is 0 Å². The number of hydrogen-bond donors (Lipinski definition) is 2. The molecule has 2 N–H and O–H groups in total. The van der Waals surface area contributed by atoms with E-state index in [0.717, 1.165) is 4.31 Å². The van der Waals surface area contributed by atoms with Crippen LogP contribution in [0.25, 0.3) is 0 Å². The molecule has 2 rings (SSSR count). The lowest BCUT2D eigenvalue weighted by atomic mass is 10.2. The van der Waals surface area contributed by atoms with Crippen molar-refractivity contribution in [1.82, 2.24) is 4.31 Å². The van der Waals surface area contributed by atoms with Gasteiger partial charge < -0.3 is 10.6 Å². The third-order valence-corrected chi connectivity index (χ3v) is 6.57. The van der Waals surface area contributed by atoms with Crippen LogP contribution in [-0.4, -0.2) is 37.6 Å². The van der Waals surface area contributed by atoms with Gasteiger partial charge in [0.15, 0.2) is 0 Å². The summed E-state index contributed by atoms with van der Waals surface area (Å²) in [7, 11) is -3.93. The molecule has 2 aromatic rings. The maximum Gasteiger partial charge on any atom is 0.245 e. The van der Waals surface area contributed by atoms with Crippen molar-refractivity contribution in [1.29, 1.82) is 0 Å². The first-order chi connectivity index (χ1) is 13.1. The summed E-state index contributed by atoms with van der Waals surface area (Å²) >= 11 is 9.30. The van der Waals surface area contributed by atoms with Crippen molar-refractivity contribution < 1.29 is 18.0 Å². The fourth-order valence-electron chi connectivity index (χ4n) is 2.39. The Morgan fingerprint density at radius 3 is 2.14 bits per heavy atom. The molecule has 150 valence electrons. The molecule has 0 aliphatic carbocycles. The summed E-state index contributed by atoms with van der Waals surface area (Å²) in [6.45, 7) is 2.77. The van der Waals surface area contributed by atoms with Gasteiger partial charge in [-0.1, -0.05) is 34.5 Å². The minimum absolute atomic E-state index is 0.0633. The van der Waals surface area contributed by atoms with E-state index in [-0.39, 0.29) is 28.9 Å². The Hall–Kier alpha value is -1.94. The van der Waals surface area contributed by atoms with Crippen LogP contribution in [-0.2, 0) is 19.6 Å². The number of amides is 2. The summed E-state index contributed by atoms with van der Waals surface area (Å²) in [6.07, 6.45) is 0. The number of hydrogen-bond acceptors (Lipinski definition) is 4. The van der Waals surface area contributed by atoms with Crippen LogP contribution < -0.4 is 10.6 Å². The van der Waals surface area contributed by atoms with Crippen molar-refractivity contribution in [3.63, 3.8) is 0 Å². The van der Waals surface area contributed by atoms with Crippen molar-refractivity contribution in [2.75, 3.05) is 23.7 Å². The molecule has 10 heteroatoms. The van der Waals surface area contributed by atoms with Gasteiger partial charge >= 0.3 is 0 Å². The van der Waals surface area contributed by atoms with E-state index in [9.17, 15) is 18.0 Å². The van der Waals surface area contributed by atoms with Crippen molar-refractivity contribution in [3.8, 4) is 0 Å². The standard InChI is InChI=1S/C18H19BrClN3O4S/c1-3-23(28(26,27)17-9-4-13(19)10-16(17)20)11-18(25)22-15-7-5-14(6-8-15)21-12(2)24/h4-10H,3,11H2,1-2H3,(H,21,24)(H,22,25). The van der Waals surface area contributed by atoms with Crippen molar-refractivity contribution in [3.05, 3.63) is 52.0 Å². The lowest BCUT2D eigenvalue weighted by Crippen LogP contribution is -2.38. The van der Waals surface area contributed by atoms with Crippen LogP contribution in [0.15, 0.2) is 51.8 Å². The zero-order valence-electron chi connectivity index (χ0n) is 15.2. The SMILES string of the molecule is CCN(CC(=O)Nc1ccc(NC(C)=O)cc1)S(=O)(=O)c1ccc(Br)cc1Cl. The average Bonchev–Trinajstić information content (AvgIpc) is 2.60. The van der Waals surface area contributed by atoms with E-state index >= 15 is 0 Å². The highest BCUT2D eigenvalue weighted by molar-refractivity contribution is 9.10. The summed E-state index contributed by atoms with van der Waals surface area (Å²) in [6, 6.07) is 10.9. The van der Waals surface area contributed by atoms with Gasteiger partial charge in [0.05, 0.1) is 11.6 Å². The van der Waals surface area contributed by atoms with Gasteiger partial charge in [0.1, 0.15) is 4.90 Å². The molecule has 0 aliphatic rings. The number of anilines is 2. The molecular formula is C18H19BrClN3O4S. The molecule has 2 amide bonds. The molecule has 0 atom stereocenters. The third kappa shape index (κ3) is 5.78. The molecule has 0 bridgehead atoms. The predicted molar refractivity (Wildman–Crippen MR) is 113 cm³/mol. The first kappa shape index (κ1) is 22.4. The largest absolute Gasteiger partial charge is 0.326 e. The second kappa shape index (κ2) is 9.51. The zero-order chi connectivity index (χ0) is 20.9. The van der Waals surface area contributed by atoms with E-state index in [2.05, 4.69) is 26.6 Å². The highest BCUT2D eigenvalue weighted by atomic mass is 79.9. The topological polar surface area (TPSA) is 95.6 Å². The Balaban J connectivity index is 2.11. The van der Waals surface area contributed by atoms with Crippen LogP contribution in [0.1, 0.15) is 13.8 Å². The normalized spacial score (nSPS) is 11.3. The Morgan fingerprint density at radius 1 is 1.07 bits per heavy atom. The number of nitrogens with one attached hydrogen (secondary N) is 2. The number of carbonyl (C=O) groups excluding carboxylic acids is 2. The monoisotopic (exact) mass is 487 g/mol. The van der Waals surface area contributed by atoms with Gasteiger partial charge in [0, 0.05) is 29.3 Å². The van der Waals surface area contributed by atoms with Gasteiger partial charge in [-0.25, -0.2) is 8.42 Å². The molecule has 0 aliphatic heterocycles. The van der Waals surface area contributed by atoms with Gasteiger partial charge in [0.25, 0.3) is 0 Å². The van der Waals surface area contributed by atoms with Crippen molar-refractivity contribution >= 4 is 60.7 Å². The first-order valence-corrected chi connectivity index (χ1v) is 10.9. The number of benzene rings is 2. The van der Waals surface area contributed by atoms with Gasteiger partial charge in [-0.2, -0.15) is 4.31 Å². The van der Waals surface area contributed by atoms with E-state index in [4.69, 9.17) is 11.6 Å². The highest BCUT2D eigenvalue weighted by Crippen LogP contribution is 2.27. The lowest BCUT2D eigenvalue weighted by Gasteiger charge is -2.21. The number of rotatable bonds is 7. The maximum atomic E-state index is 12.8. The fraction of sp³-hybridized carbons (Fsp3) is 0.222. The number of sulfonamides is 1. The van der Waals surface area contributed by atoms with Crippen LogP contribution in [0.5, 0.6) is 0 Å². The summed E-state index contributed by atoms with van der Waals surface area (Å²) in [4.78, 5) is 23.3. The predicted octanol–water partition coefficient (Wildman–Crippen LogP) is 3.71. The van der Waals surface area contributed by atoms with Gasteiger partial charge in [-0.3, -0.25) is 9.59 Å². The van der Waals surface area contributed by atoms with E-state index in [1.807, 2.05) is 0 Å². The van der Waals surface area contributed by atoms with Crippen LogP contribution >= 0.6 is 27.5 Å². The third-order valence-electron chi connectivity index (χ3n) is 3.67.